The Morgan fingerprint density at radius 1 is 1.63 bits per heavy atom. The van der Waals surface area contributed by atoms with E-state index in [0.717, 1.165) is 6.42 Å². The van der Waals surface area contributed by atoms with Crippen LogP contribution in [0, 0.1) is 6.92 Å². The molecule has 1 aromatic heterocycles. The predicted molar refractivity (Wildman–Crippen MR) is 74.4 cm³/mol. The van der Waals surface area contributed by atoms with Crippen molar-refractivity contribution in [1.29, 1.82) is 0 Å². The number of amides is 1. The van der Waals surface area contributed by atoms with E-state index in [1.807, 2.05) is 18.4 Å². The lowest BCUT2D eigenvalue weighted by Crippen LogP contribution is -2.41. The molecule has 0 aromatic carbocycles. The van der Waals surface area contributed by atoms with Gasteiger partial charge in [0.1, 0.15) is 0 Å². The molecular formula is C12H17ClF2N2OS. The molecule has 3 nitrogen and oxygen atoms in total. The van der Waals surface area contributed by atoms with Crippen LogP contribution < -0.4 is 10.6 Å². The summed E-state index contributed by atoms with van der Waals surface area (Å²) in [6, 6.07) is 1.27. The maximum atomic E-state index is 12.9. The lowest BCUT2D eigenvalue weighted by Gasteiger charge is -2.11. The third kappa shape index (κ3) is 4.40. The molecule has 2 heterocycles. The number of aryl methyl sites for hydroxylation is 1. The zero-order chi connectivity index (χ0) is 13.2. The average Bonchev–Trinajstić information content (AvgIpc) is 2.85. The first-order valence-electron chi connectivity index (χ1n) is 5.90. The number of carbonyl (C=O) groups excluding carboxylic acids is 1. The van der Waals surface area contributed by atoms with E-state index in [2.05, 4.69) is 10.6 Å². The molecule has 19 heavy (non-hydrogen) atoms. The second-order valence-corrected chi connectivity index (χ2v) is 5.56. The Kier molecular flexibility index (Phi) is 5.70. The first-order valence-corrected chi connectivity index (χ1v) is 6.78. The van der Waals surface area contributed by atoms with Crippen molar-refractivity contribution in [2.45, 2.75) is 31.7 Å². The second-order valence-electron chi connectivity index (χ2n) is 4.56. The van der Waals surface area contributed by atoms with Gasteiger partial charge in [-0.15, -0.1) is 23.7 Å². The molecule has 1 unspecified atom stereocenters. The minimum atomic E-state index is -2.76. The van der Waals surface area contributed by atoms with Crippen LogP contribution in [0.2, 0.25) is 0 Å². The fourth-order valence-corrected chi connectivity index (χ4v) is 2.89. The van der Waals surface area contributed by atoms with Crippen molar-refractivity contribution >= 4 is 29.7 Å². The van der Waals surface area contributed by atoms with E-state index in [4.69, 9.17) is 0 Å². The summed E-state index contributed by atoms with van der Waals surface area (Å²) < 4.78 is 25.8. The van der Waals surface area contributed by atoms with Crippen LogP contribution in [-0.4, -0.2) is 31.0 Å². The standard InChI is InChI=1S/C12H16F2N2OS.ClH/c1-8-3-5-18-10(8)2-4-15-11(17)9-6-12(13,14)7-16-9;/h3,5,9,16H,2,4,6-7H2,1H3,(H,15,17);1H. The van der Waals surface area contributed by atoms with Crippen LogP contribution in [0.5, 0.6) is 0 Å². The van der Waals surface area contributed by atoms with Gasteiger partial charge in [-0.1, -0.05) is 0 Å². The van der Waals surface area contributed by atoms with Gasteiger partial charge in [-0.3, -0.25) is 10.1 Å². The minimum Gasteiger partial charge on any atom is -0.354 e. The van der Waals surface area contributed by atoms with Gasteiger partial charge in [-0.05, 0) is 30.4 Å². The molecule has 0 spiro atoms. The van der Waals surface area contributed by atoms with Gasteiger partial charge in [-0.25, -0.2) is 8.78 Å². The van der Waals surface area contributed by atoms with E-state index in [1.54, 1.807) is 11.3 Å². The van der Waals surface area contributed by atoms with Gasteiger partial charge >= 0.3 is 0 Å². The lowest BCUT2D eigenvalue weighted by atomic mass is 10.2. The van der Waals surface area contributed by atoms with E-state index in [1.165, 1.54) is 10.4 Å². The first kappa shape index (κ1) is 16.3. The number of hydrogen-bond acceptors (Lipinski definition) is 3. The number of nitrogens with one attached hydrogen (secondary N) is 2. The fraction of sp³-hybridized carbons (Fsp3) is 0.583. The third-order valence-electron chi connectivity index (χ3n) is 3.05. The zero-order valence-corrected chi connectivity index (χ0v) is 12.2. The zero-order valence-electron chi connectivity index (χ0n) is 10.5. The van der Waals surface area contributed by atoms with Crippen LogP contribution in [0.25, 0.3) is 0 Å². The maximum absolute atomic E-state index is 12.9. The predicted octanol–water partition coefficient (Wildman–Crippen LogP) is 2.13. The largest absolute Gasteiger partial charge is 0.354 e. The molecule has 1 aliphatic rings. The van der Waals surface area contributed by atoms with E-state index < -0.39 is 24.9 Å². The van der Waals surface area contributed by atoms with Crippen LogP contribution in [0.1, 0.15) is 16.9 Å². The van der Waals surface area contributed by atoms with E-state index in [-0.39, 0.29) is 18.3 Å². The topological polar surface area (TPSA) is 41.1 Å². The molecule has 1 atom stereocenters. The molecule has 0 saturated carbocycles. The Bertz CT molecular complexity index is 439. The van der Waals surface area contributed by atoms with Gasteiger partial charge in [0.25, 0.3) is 5.92 Å². The first-order chi connectivity index (χ1) is 8.48. The van der Waals surface area contributed by atoms with Crippen molar-refractivity contribution in [3.63, 3.8) is 0 Å². The summed E-state index contributed by atoms with van der Waals surface area (Å²) in [4.78, 5) is 12.9. The highest BCUT2D eigenvalue weighted by atomic mass is 35.5. The number of halogens is 3. The third-order valence-corrected chi connectivity index (χ3v) is 4.13. The second kappa shape index (κ2) is 6.63. The highest BCUT2D eigenvalue weighted by Crippen LogP contribution is 2.25. The molecule has 7 heteroatoms. The molecular weight excluding hydrogens is 294 g/mol. The van der Waals surface area contributed by atoms with Gasteiger partial charge in [0, 0.05) is 17.8 Å². The van der Waals surface area contributed by atoms with E-state index >= 15 is 0 Å². The molecule has 1 aliphatic heterocycles. The quantitative estimate of drug-likeness (QED) is 0.894. The molecule has 2 N–H and O–H groups in total. The smallest absolute Gasteiger partial charge is 0.262 e. The Morgan fingerprint density at radius 2 is 2.37 bits per heavy atom. The maximum Gasteiger partial charge on any atom is 0.262 e. The molecule has 2 rings (SSSR count). The summed E-state index contributed by atoms with van der Waals surface area (Å²) in [5, 5.41) is 7.25. The highest BCUT2D eigenvalue weighted by Gasteiger charge is 2.42. The molecule has 1 amide bonds. The van der Waals surface area contributed by atoms with Gasteiger partial charge in [-0.2, -0.15) is 0 Å². The molecule has 1 fully saturated rings. The Labute approximate surface area is 121 Å². The molecule has 1 saturated heterocycles. The lowest BCUT2D eigenvalue weighted by molar-refractivity contribution is -0.123. The Balaban J connectivity index is 0.00000180. The molecule has 0 radical (unpaired) electrons. The van der Waals surface area contributed by atoms with Crippen molar-refractivity contribution in [3.05, 3.63) is 21.9 Å². The van der Waals surface area contributed by atoms with Crippen LogP contribution in [-0.2, 0) is 11.2 Å². The fourth-order valence-electron chi connectivity index (χ4n) is 1.98. The monoisotopic (exact) mass is 310 g/mol. The van der Waals surface area contributed by atoms with Gasteiger partial charge in [0.2, 0.25) is 5.91 Å². The van der Waals surface area contributed by atoms with E-state index in [0.29, 0.717) is 6.54 Å². The number of hydrogen-bond donors (Lipinski definition) is 2. The van der Waals surface area contributed by atoms with Gasteiger partial charge in [0.15, 0.2) is 0 Å². The van der Waals surface area contributed by atoms with Crippen LogP contribution in [0.15, 0.2) is 11.4 Å². The van der Waals surface area contributed by atoms with Crippen molar-refractivity contribution in [1.82, 2.24) is 10.6 Å². The average molecular weight is 311 g/mol. The molecule has 1 aromatic rings. The summed E-state index contributed by atoms with van der Waals surface area (Å²) in [5.74, 6) is -3.09. The van der Waals surface area contributed by atoms with Crippen LogP contribution in [0.4, 0.5) is 8.78 Å². The molecule has 108 valence electrons. The van der Waals surface area contributed by atoms with Gasteiger partial charge < -0.3 is 5.32 Å². The number of carbonyl (C=O) groups is 1. The number of thiophene rings is 1. The summed E-state index contributed by atoms with van der Waals surface area (Å²) in [6.45, 7) is 2.10. The van der Waals surface area contributed by atoms with Crippen molar-refractivity contribution in [2.24, 2.45) is 0 Å². The van der Waals surface area contributed by atoms with Crippen molar-refractivity contribution in [2.75, 3.05) is 13.1 Å². The normalized spacial score (nSPS) is 20.9. The summed E-state index contributed by atoms with van der Waals surface area (Å²) in [6.07, 6.45) is 0.342. The summed E-state index contributed by atoms with van der Waals surface area (Å²) in [5.41, 5.74) is 1.21. The van der Waals surface area contributed by atoms with Crippen LogP contribution >= 0.6 is 23.7 Å². The Hall–Kier alpha value is -0.720. The van der Waals surface area contributed by atoms with E-state index in [9.17, 15) is 13.6 Å². The minimum absolute atomic E-state index is 0. The van der Waals surface area contributed by atoms with Gasteiger partial charge in [0.05, 0.1) is 12.6 Å². The summed E-state index contributed by atoms with van der Waals surface area (Å²) in [7, 11) is 0. The highest BCUT2D eigenvalue weighted by molar-refractivity contribution is 7.10. The van der Waals surface area contributed by atoms with Crippen molar-refractivity contribution in [3.8, 4) is 0 Å². The summed E-state index contributed by atoms with van der Waals surface area (Å²) >= 11 is 1.65. The Morgan fingerprint density at radius 3 is 2.89 bits per heavy atom. The number of rotatable bonds is 4. The SMILES string of the molecule is Cc1ccsc1CCNC(=O)C1CC(F)(F)CN1.Cl. The molecule has 0 bridgehead atoms. The molecule has 0 aliphatic carbocycles. The number of alkyl halides is 2. The van der Waals surface area contributed by atoms with Crippen LogP contribution in [0.3, 0.4) is 0 Å². The van der Waals surface area contributed by atoms with Crippen molar-refractivity contribution < 1.29 is 13.6 Å².